The normalized spacial score (nSPS) is 18.2. The molecule has 1 aliphatic heterocycles. The van der Waals surface area contributed by atoms with Gasteiger partial charge in [0.2, 0.25) is 5.78 Å². The Kier molecular flexibility index (Phi) is 5.22. The van der Waals surface area contributed by atoms with Gasteiger partial charge >= 0.3 is 0 Å². The molecule has 2 aromatic carbocycles. The molecule has 2 aromatic heterocycles. The van der Waals surface area contributed by atoms with E-state index in [2.05, 4.69) is 40.8 Å². The summed E-state index contributed by atoms with van der Waals surface area (Å²) in [6.07, 6.45) is 7.28. The maximum absolute atomic E-state index is 13.1. The zero-order chi connectivity index (χ0) is 22.7. The van der Waals surface area contributed by atoms with Gasteiger partial charge in [-0.1, -0.05) is 30.5 Å². The van der Waals surface area contributed by atoms with Crippen LogP contribution in [0.15, 0.2) is 39.6 Å². The van der Waals surface area contributed by atoms with Crippen LogP contribution in [0.5, 0.6) is 0 Å². The lowest BCUT2D eigenvalue weighted by atomic mass is 9.98. The highest BCUT2D eigenvalue weighted by Gasteiger charge is 2.27. The monoisotopic (exact) mass is 526 g/mol. The minimum atomic E-state index is -0.221. The van der Waals surface area contributed by atoms with E-state index in [-0.39, 0.29) is 11.5 Å². The predicted octanol–water partition coefficient (Wildman–Crippen LogP) is 5.75. The van der Waals surface area contributed by atoms with E-state index >= 15 is 0 Å². The predicted molar refractivity (Wildman–Crippen MR) is 136 cm³/mol. The first-order valence-corrected chi connectivity index (χ1v) is 12.8. The zero-order valence-corrected chi connectivity index (χ0v) is 20.5. The molecule has 1 aliphatic carbocycles. The third-order valence-corrected chi connectivity index (χ3v) is 8.33. The van der Waals surface area contributed by atoms with Crippen molar-refractivity contribution < 1.29 is 4.79 Å². The standard InChI is InChI=1S/C25H24BrClN4O2/c26-17-6-3-7-19-23(17)24(33)28-25-30(16-4-1-2-5-16)22-13-20(18(27)12-21(22)31(19)25)29-10-8-15(14-32)9-11-29/h3,6-7,12-16H,1-2,4-5,8-11H2. The molecule has 33 heavy (non-hydrogen) atoms. The minimum absolute atomic E-state index is 0.133. The molecule has 0 spiro atoms. The topological polar surface area (TPSA) is 59.6 Å². The van der Waals surface area contributed by atoms with Gasteiger partial charge in [0, 0.05) is 29.5 Å². The quantitative estimate of drug-likeness (QED) is 0.318. The molecule has 1 saturated heterocycles. The molecule has 0 amide bonds. The first-order valence-electron chi connectivity index (χ1n) is 11.6. The van der Waals surface area contributed by atoms with Gasteiger partial charge in [-0.2, -0.15) is 4.98 Å². The second-order valence-electron chi connectivity index (χ2n) is 9.25. The number of carbonyl (C=O) groups excluding carboxylic acids is 1. The number of aldehydes is 1. The van der Waals surface area contributed by atoms with Gasteiger partial charge in [-0.25, -0.2) is 0 Å². The second kappa shape index (κ2) is 8.13. The number of carbonyl (C=O) groups is 1. The molecular weight excluding hydrogens is 504 g/mol. The molecule has 3 heterocycles. The summed E-state index contributed by atoms with van der Waals surface area (Å²) in [6, 6.07) is 10.3. The van der Waals surface area contributed by atoms with Gasteiger partial charge in [-0.15, -0.1) is 0 Å². The number of benzene rings is 2. The number of fused-ring (bicyclic) bond motifs is 5. The molecule has 4 aromatic rings. The van der Waals surface area contributed by atoms with Gasteiger partial charge < -0.3 is 14.3 Å². The smallest absolute Gasteiger partial charge is 0.283 e. The fourth-order valence-electron chi connectivity index (χ4n) is 5.68. The van der Waals surface area contributed by atoms with Crippen LogP contribution >= 0.6 is 27.5 Å². The van der Waals surface area contributed by atoms with Crippen molar-refractivity contribution in [3.63, 3.8) is 0 Å². The van der Waals surface area contributed by atoms with E-state index in [0.29, 0.717) is 22.2 Å². The second-order valence-corrected chi connectivity index (χ2v) is 10.5. The summed E-state index contributed by atoms with van der Waals surface area (Å²) in [7, 11) is 0. The van der Waals surface area contributed by atoms with Crippen molar-refractivity contribution in [2.75, 3.05) is 18.0 Å². The SMILES string of the molecule is O=CC1CCN(c2cc3c(cc2Cl)n2c4cccc(Br)c4c(=O)nc2n3C2CCCC2)CC1. The lowest BCUT2D eigenvalue weighted by Crippen LogP contribution is -2.34. The number of hydrogen-bond donors (Lipinski definition) is 0. The van der Waals surface area contributed by atoms with E-state index in [1.165, 1.54) is 12.8 Å². The number of hydrogen-bond acceptors (Lipinski definition) is 4. The van der Waals surface area contributed by atoms with Gasteiger partial charge in [-0.05, 0) is 65.9 Å². The van der Waals surface area contributed by atoms with Crippen LogP contribution in [0.2, 0.25) is 5.02 Å². The van der Waals surface area contributed by atoms with Gasteiger partial charge in [0.1, 0.15) is 6.29 Å². The summed E-state index contributed by atoms with van der Waals surface area (Å²) >= 11 is 10.4. The van der Waals surface area contributed by atoms with Crippen molar-refractivity contribution in [3.8, 4) is 0 Å². The number of anilines is 1. The Morgan fingerprint density at radius 2 is 1.79 bits per heavy atom. The minimum Gasteiger partial charge on any atom is -0.370 e. The zero-order valence-electron chi connectivity index (χ0n) is 18.1. The first-order chi connectivity index (χ1) is 16.1. The lowest BCUT2D eigenvalue weighted by molar-refractivity contribution is -0.111. The van der Waals surface area contributed by atoms with Crippen LogP contribution in [0.1, 0.15) is 44.6 Å². The van der Waals surface area contributed by atoms with Crippen molar-refractivity contribution in [2.24, 2.45) is 5.92 Å². The van der Waals surface area contributed by atoms with E-state index in [0.717, 1.165) is 71.8 Å². The molecule has 6 nitrogen and oxygen atoms in total. The summed E-state index contributed by atoms with van der Waals surface area (Å²) in [5, 5.41) is 1.26. The van der Waals surface area contributed by atoms with E-state index in [1.54, 1.807) is 0 Å². The summed E-state index contributed by atoms with van der Waals surface area (Å²) in [6.45, 7) is 1.62. The average Bonchev–Trinajstić information content (AvgIpc) is 3.44. The summed E-state index contributed by atoms with van der Waals surface area (Å²) < 4.78 is 5.10. The molecule has 6 rings (SSSR count). The number of rotatable bonds is 3. The van der Waals surface area contributed by atoms with Crippen LogP contribution in [0.4, 0.5) is 5.69 Å². The van der Waals surface area contributed by atoms with Crippen LogP contribution in [0.3, 0.4) is 0 Å². The van der Waals surface area contributed by atoms with E-state index < -0.39 is 0 Å². The molecule has 2 aliphatic rings. The third-order valence-electron chi connectivity index (χ3n) is 7.37. The molecule has 0 bridgehead atoms. The van der Waals surface area contributed by atoms with Gasteiger partial charge in [0.15, 0.2) is 0 Å². The highest BCUT2D eigenvalue weighted by Crippen LogP contribution is 2.40. The van der Waals surface area contributed by atoms with E-state index in [9.17, 15) is 9.59 Å². The van der Waals surface area contributed by atoms with Crippen LogP contribution < -0.4 is 10.5 Å². The Labute approximate surface area is 204 Å². The largest absolute Gasteiger partial charge is 0.370 e. The first kappa shape index (κ1) is 21.2. The maximum atomic E-state index is 13.1. The number of imidazole rings is 1. The number of halogens is 2. The summed E-state index contributed by atoms with van der Waals surface area (Å²) in [5.74, 6) is 0.814. The molecule has 2 fully saturated rings. The maximum Gasteiger partial charge on any atom is 0.283 e. The van der Waals surface area contributed by atoms with Crippen LogP contribution in [-0.4, -0.2) is 33.3 Å². The lowest BCUT2D eigenvalue weighted by Gasteiger charge is -2.32. The van der Waals surface area contributed by atoms with Crippen molar-refractivity contribution >= 4 is 67.2 Å². The summed E-state index contributed by atoms with van der Waals surface area (Å²) in [4.78, 5) is 31.1. The fourth-order valence-corrected chi connectivity index (χ4v) is 6.48. The third kappa shape index (κ3) is 3.31. The van der Waals surface area contributed by atoms with Gasteiger partial charge in [0.25, 0.3) is 5.56 Å². The molecule has 1 saturated carbocycles. The number of piperidine rings is 1. The van der Waals surface area contributed by atoms with E-state index in [1.807, 2.05) is 24.3 Å². The molecular formula is C25H24BrClN4O2. The number of nitrogens with zero attached hydrogens (tertiary/aromatic N) is 4. The highest BCUT2D eigenvalue weighted by atomic mass is 79.9. The number of aromatic nitrogens is 3. The molecule has 0 unspecified atom stereocenters. The fraction of sp³-hybridized carbons (Fsp3) is 0.400. The van der Waals surface area contributed by atoms with Gasteiger partial charge in [-0.3, -0.25) is 9.20 Å². The van der Waals surface area contributed by atoms with Crippen molar-refractivity contribution in [3.05, 3.63) is 50.2 Å². The highest BCUT2D eigenvalue weighted by molar-refractivity contribution is 9.10. The Hall–Kier alpha value is -2.38. The Bertz CT molecular complexity index is 1460. The Morgan fingerprint density at radius 1 is 1.03 bits per heavy atom. The Morgan fingerprint density at radius 3 is 2.52 bits per heavy atom. The summed E-state index contributed by atoms with van der Waals surface area (Å²) in [5.41, 5.74) is 3.62. The van der Waals surface area contributed by atoms with Crippen molar-refractivity contribution in [1.82, 2.24) is 14.0 Å². The molecule has 170 valence electrons. The van der Waals surface area contributed by atoms with Crippen LogP contribution in [-0.2, 0) is 4.79 Å². The van der Waals surface area contributed by atoms with Crippen LogP contribution in [0.25, 0.3) is 27.7 Å². The molecule has 0 N–H and O–H groups in total. The molecule has 0 atom stereocenters. The Balaban J connectivity index is 1.65. The molecule has 0 radical (unpaired) electrons. The van der Waals surface area contributed by atoms with Gasteiger partial charge in [0.05, 0.1) is 32.6 Å². The van der Waals surface area contributed by atoms with Crippen LogP contribution in [0, 0.1) is 5.92 Å². The average molecular weight is 528 g/mol. The van der Waals surface area contributed by atoms with E-state index in [4.69, 9.17) is 11.6 Å². The van der Waals surface area contributed by atoms with Crippen molar-refractivity contribution in [1.29, 1.82) is 0 Å². The van der Waals surface area contributed by atoms with Crippen molar-refractivity contribution in [2.45, 2.75) is 44.6 Å². The molecule has 8 heteroatoms.